The van der Waals surface area contributed by atoms with Gasteiger partial charge in [-0.1, -0.05) is 26.8 Å². The van der Waals surface area contributed by atoms with Gasteiger partial charge in [0.15, 0.2) is 5.78 Å². The standard InChI is InChI=1S/C49H62N10O5/c1-7-31-23-34-35(48(5,6)43-41(42(34)61)33-14-13-30(25-50)22-37(33)54-43)24-38(31)58-18-20-59(21-19-58)40(60)12-9-17-57-27-39(49(28-57)15-16-49)56-45(62)36(55-46(63)64-47(2,3)4)11-8-10-32-26-52-29-53-44(32)51/h13-14,22-24,26,29,36,39,54H,7-12,15-21,27-28H2,1-6H3,(H,55,63)(H,56,62)(H2,51,52,53)/t36-,39-/m0/s1. The quantitative estimate of drug-likeness (QED) is 0.127. The number of carbonyl (C=O) groups is 4. The van der Waals surface area contributed by atoms with Gasteiger partial charge in [0.05, 0.1) is 17.2 Å². The number of nitrogens with zero attached hydrogens (tertiary/aromatic N) is 6. The minimum absolute atomic E-state index is 0.00739. The summed E-state index contributed by atoms with van der Waals surface area (Å²) in [4.78, 5) is 72.7. The molecule has 2 atom stereocenters. The zero-order valence-corrected chi connectivity index (χ0v) is 38.1. The van der Waals surface area contributed by atoms with Crippen molar-refractivity contribution < 1.29 is 23.9 Å². The Hall–Kier alpha value is -6.01. The van der Waals surface area contributed by atoms with Gasteiger partial charge in [-0.25, -0.2) is 14.8 Å². The first kappa shape index (κ1) is 44.6. The van der Waals surface area contributed by atoms with E-state index < -0.39 is 23.2 Å². The van der Waals surface area contributed by atoms with Crippen molar-refractivity contribution in [3.8, 4) is 6.07 Å². The van der Waals surface area contributed by atoms with Gasteiger partial charge >= 0.3 is 6.09 Å². The van der Waals surface area contributed by atoms with Crippen LogP contribution in [0.4, 0.5) is 16.3 Å². The van der Waals surface area contributed by atoms with E-state index in [0.717, 1.165) is 83.3 Å². The van der Waals surface area contributed by atoms with Gasteiger partial charge in [0, 0.05) is 102 Å². The molecule has 64 heavy (non-hydrogen) atoms. The number of piperazine rings is 1. The third-order valence-electron chi connectivity index (χ3n) is 13.8. The molecule has 3 fully saturated rings. The number of nitriles is 1. The molecule has 5 N–H and O–H groups in total. The Kier molecular flexibility index (Phi) is 12.2. The van der Waals surface area contributed by atoms with E-state index in [-0.39, 0.29) is 29.1 Å². The Morgan fingerprint density at radius 3 is 2.53 bits per heavy atom. The second-order valence-electron chi connectivity index (χ2n) is 19.7. The minimum atomic E-state index is -0.783. The van der Waals surface area contributed by atoms with Crippen LogP contribution in [0, 0.1) is 16.7 Å². The van der Waals surface area contributed by atoms with Crippen molar-refractivity contribution in [2.24, 2.45) is 5.41 Å². The predicted molar refractivity (Wildman–Crippen MR) is 245 cm³/mol. The molecular formula is C49H62N10O5. The first-order valence-electron chi connectivity index (χ1n) is 22.9. The van der Waals surface area contributed by atoms with Crippen LogP contribution < -0.4 is 21.3 Å². The van der Waals surface area contributed by atoms with Crippen LogP contribution in [0.2, 0.25) is 0 Å². The fraction of sp³-hybridized carbons (Fsp3) is 0.531. The van der Waals surface area contributed by atoms with E-state index in [4.69, 9.17) is 10.5 Å². The number of fused-ring (bicyclic) bond motifs is 4. The molecule has 4 aromatic rings. The van der Waals surface area contributed by atoms with Gasteiger partial charge in [0.2, 0.25) is 11.8 Å². The maximum absolute atomic E-state index is 14.1. The molecule has 2 aromatic heterocycles. The molecule has 0 radical (unpaired) electrons. The monoisotopic (exact) mass is 870 g/mol. The average Bonchev–Trinajstić information content (AvgIpc) is 3.81. The molecule has 1 spiro atoms. The first-order chi connectivity index (χ1) is 30.5. The lowest BCUT2D eigenvalue weighted by Gasteiger charge is -2.39. The Balaban J connectivity index is 0.844. The fourth-order valence-electron chi connectivity index (χ4n) is 10.1. The number of aromatic amines is 1. The lowest BCUT2D eigenvalue weighted by molar-refractivity contribution is -0.131. The highest BCUT2D eigenvalue weighted by atomic mass is 16.6. The molecule has 8 rings (SSSR count). The van der Waals surface area contributed by atoms with Crippen LogP contribution in [0.25, 0.3) is 10.9 Å². The summed E-state index contributed by atoms with van der Waals surface area (Å²) >= 11 is 0. The fourth-order valence-corrected chi connectivity index (χ4v) is 10.1. The van der Waals surface area contributed by atoms with Crippen LogP contribution in [0.5, 0.6) is 0 Å². The Bertz CT molecular complexity index is 2500. The van der Waals surface area contributed by atoms with Crippen molar-refractivity contribution >= 4 is 46.1 Å². The van der Waals surface area contributed by atoms with Gasteiger partial charge in [-0.05, 0) is 108 Å². The molecule has 2 saturated heterocycles. The zero-order chi connectivity index (χ0) is 45.6. The number of aryl methyl sites for hydroxylation is 2. The molecule has 338 valence electrons. The normalized spacial score (nSPS) is 19.2. The molecule has 2 aromatic carbocycles. The van der Waals surface area contributed by atoms with Crippen molar-refractivity contribution in [1.82, 2.24) is 35.4 Å². The average molecular weight is 871 g/mol. The zero-order valence-electron chi connectivity index (χ0n) is 38.1. The summed E-state index contributed by atoms with van der Waals surface area (Å²) in [5, 5.41) is 16.4. The van der Waals surface area contributed by atoms with Gasteiger partial charge in [-0.3, -0.25) is 14.4 Å². The van der Waals surface area contributed by atoms with Crippen LogP contribution in [0.1, 0.15) is 124 Å². The third kappa shape index (κ3) is 9.02. The molecule has 1 saturated carbocycles. The molecule has 3 amide bonds. The number of ether oxygens (including phenoxy) is 1. The second kappa shape index (κ2) is 17.5. The third-order valence-corrected chi connectivity index (χ3v) is 13.8. The molecule has 15 heteroatoms. The highest BCUT2D eigenvalue weighted by Gasteiger charge is 2.55. The number of rotatable bonds is 13. The lowest BCUT2D eigenvalue weighted by atomic mass is 9.70. The van der Waals surface area contributed by atoms with Crippen molar-refractivity contribution in [2.75, 3.05) is 56.4 Å². The molecule has 0 bridgehead atoms. The molecule has 2 aliphatic carbocycles. The summed E-state index contributed by atoms with van der Waals surface area (Å²) < 4.78 is 5.51. The predicted octanol–water partition coefficient (Wildman–Crippen LogP) is 5.77. The van der Waals surface area contributed by atoms with E-state index in [9.17, 15) is 24.4 Å². The minimum Gasteiger partial charge on any atom is -0.444 e. The van der Waals surface area contributed by atoms with Gasteiger partial charge in [-0.15, -0.1) is 0 Å². The highest BCUT2D eigenvalue weighted by molar-refractivity contribution is 6.20. The molecule has 2 aliphatic heterocycles. The van der Waals surface area contributed by atoms with E-state index in [1.165, 1.54) is 6.33 Å². The summed E-state index contributed by atoms with van der Waals surface area (Å²) in [7, 11) is 0. The number of alkyl carbamates (subject to hydrolysis) is 1. The number of nitrogens with one attached hydrogen (secondary N) is 3. The van der Waals surface area contributed by atoms with E-state index in [1.54, 1.807) is 33.0 Å². The van der Waals surface area contributed by atoms with Crippen molar-refractivity contribution in [3.05, 3.63) is 81.9 Å². The van der Waals surface area contributed by atoms with Gasteiger partial charge in [-0.2, -0.15) is 5.26 Å². The van der Waals surface area contributed by atoms with Crippen LogP contribution >= 0.6 is 0 Å². The molecular weight excluding hydrogens is 809 g/mol. The summed E-state index contributed by atoms with van der Waals surface area (Å²) in [6, 6.07) is 11.1. The van der Waals surface area contributed by atoms with Crippen molar-refractivity contribution in [3.63, 3.8) is 0 Å². The number of amides is 3. The van der Waals surface area contributed by atoms with Gasteiger partial charge < -0.3 is 40.8 Å². The number of hydrogen-bond donors (Lipinski definition) is 4. The van der Waals surface area contributed by atoms with E-state index >= 15 is 0 Å². The topological polar surface area (TPSA) is 203 Å². The number of nitrogen functional groups attached to an aromatic ring is 1. The van der Waals surface area contributed by atoms with Gasteiger partial charge in [0.25, 0.3) is 0 Å². The molecule has 0 unspecified atom stereocenters. The van der Waals surface area contributed by atoms with Crippen LogP contribution in [-0.2, 0) is 32.6 Å². The number of H-pyrrole nitrogens is 1. The SMILES string of the molecule is CCc1cc2c(cc1N1CCN(C(=O)CCCN3C[C@H](NC(=O)[C@H](CCCc4cncnc4N)NC(=O)OC(C)(C)C)C4(CC4)C3)CC1)C(C)(C)c1[nH]c3cc(C#N)ccc3c1C2=O. The number of anilines is 2. The van der Waals surface area contributed by atoms with Crippen LogP contribution in [0.3, 0.4) is 0 Å². The number of aromatic nitrogens is 3. The highest BCUT2D eigenvalue weighted by Crippen LogP contribution is 2.53. The number of nitrogens with two attached hydrogens (primary N) is 1. The summed E-state index contributed by atoms with van der Waals surface area (Å²) in [6.07, 6.45) is 8.01. The second-order valence-corrected chi connectivity index (χ2v) is 19.7. The molecule has 15 nitrogen and oxygen atoms in total. The van der Waals surface area contributed by atoms with E-state index in [0.29, 0.717) is 75.4 Å². The maximum Gasteiger partial charge on any atom is 0.408 e. The smallest absolute Gasteiger partial charge is 0.408 e. The van der Waals surface area contributed by atoms with Gasteiger partial charge in [0.1, 0.15) is 23.8 Å². The molecule has 4 heterocycles. The maximum atomic E-state index is 14.1. The number of likely N-dealkylation sites (tertiary alicyclic amines) is 1. The number of carbonyl (C=O) groups excluding carboxylic acids is 4. The number of hydrogen-bond acceptors (Lipinski definition) is 11. The Morgan fingerprint density at radius 1 is 1.08 bits per heavy atom. The Morgan fingerprint density at radius 2 is 1.84 bits per heavy atom. The van der Waals surface area contributed by atoms with Crippen molar-refractivity contribution in [2.45, 2.75) is 116 Å². The Labute approximate surface area is 375 Å². The van der Waals surface area contributed by atoms with Crippen molar-refractivity contribution in [1.29, 1.82) is 5.26 Å². The summed E-state index contributed by atoms with van der Waals surface area (Å²) in [5.74, 6) is 0.341. The number of benzene rings is 2. The first-order valence-corrected chi connectivity index (χ1v) is 22.9. The van der Waals surface area contributed by atoms with E-state index in [1.807, 2.05) is 17.0 Å². The number of ketones is 1. The van der Waals surface area contributed by atoms with Crippen LogP contribution in [-0.4, -0.2) is 112 Å². The molecule has 4 aliphatic rings. The van der Waals surface area contributed by atoms with Crippen LogP contribution in [0.15, 0.2) is 42.9 Å². The summed E-state index contributed by atoms with van der Waals surface area (Å²) in [6.45, 7) is 16.8. The van der Waals surface area contributed by atoms with E-state index in [2.05, 4.69) is 74.4 Å². The largest absolute Gasteiger partial charge is 0.444 e. The summed E-state index contributed by atoms with van der Waals surface area (Å²) in [5.41, 5.74) is 12.5. The lowest BCUT2D eigenvalue weighted by Crippen LogP contribution is -2.52.